The number of nitrogens with one attached hydrogen (secondary N) is 2. The first-order valence-corrected chi connectivity index (χ1v) is 6.85. The number of nitrogens with zero attached hydrogens (tertiary/aromatic N) is 3. The van der Waals surface area contributed by atoms with Crippen molar-refractivity contribution in [3.05, 3.63) is 41.3 Å². The van der Waals surface area contributed by atoms with Crippen LogP contribution >= 0.6 is 0 Å². The molecule has 0 aliphatic rings. The fourth-order valence-electron chi connectivity index (χ4n) is 2.00. The third-order valence-corrected chi connectivity index (χ3v) is 3.11. The van der Waals surface area contributed by atoms with Crippen molar-refractivity contribution in [1.82, 2.24) is 20.1 Å². The number of carbonyl (C=O) groups excluding carboxylic acids is 1. The molecule has 4 N–H and O–H groups in total. The Morgan fingerprint density at radius 2 is 2.24 bits per heavy atom. The van der Waals surface area contributed by atoms with Crippen molar-refractivity contribution in [2.75, 3.05) is 12.0 Å². The minimum absolute atomic E-state index is 0.132. The van der Waals surface area contributed by atoms with Crippen molar-refractivity contribution in [1.29, 1.82) is 0 Å². The van der Waals surface area contributed by atoms with Crippen molar-refractivity contribution in [2.24, 2.45) is 12.9 Å². The van der Waals surface area contributed by atoms with Crippen LogP contribution in [-0.2, 0) is 19.9 Å². The van der Waals surface area contributed by atoms with Gasteiger partial charge in [-0.2, -0.15) is 5.10 Å². The summed E-state index contributed by atoms with van der Waals surface area (Å²) in [6, 6.07) is 3.42. The Bertz CT molecular complexity index is 599. The lowest BCUT2D eigenvalue weighted by Crippen LogP contribution is -2.26. The van der Waals surface area contributed by atoms with Crippen molar-refractivity contribution < 1.29 is 4.79 Å². The van der Waals surface area contributed by atoms with E-state index in [1.54, 1.807) is 23.0 Å². The molecule has 0 saturated heterocycles. The SMILES string of the molecule is CCc1cc(C(=O)NCCc2cnn(C)c2)cc(NN)n1. The molecule has 0 saturated carbocycles. The summed E-state index contributed by atoms with van der Waals surface area (Å²) in [6.45, 7) is 2.53. The Balaban J connectivity index is 1.96. The summed E-state index contributed by atoms with van der Waals surface area (Å²) in [5, 5.41) is 6.98. The zero-order valence-corrected chi connectivity index (χ0v) is 12.3. The third kappa shape index (κ3) is 4.03. The van der Waals surface area contributed by atoms with Crippen LogP contribution in [0.25, 0.3) is 0 Å². The molecule has 0 fully saturated rings. The Morgan fingerprint density at radius 1 is 1.43 bits per heavy atom. The summed E-state index contributed by atoms with van der Waals surface area (Å²) >= 11 is 0. The number of hydrazine groups is 1. The molecule has 7 heteroatoms. The first-order chi connectivity index (χ1) is 10.1. The van der Waals surface area contributed by atoms with Crippen LogP contribution in [0.1, 0.15) is 28.5 Å². The maximum Gasteiger partial charge on any atom is 0.251 e. The molecule has 0 bridgehead atoms. The highest BCUT2D eigenvalue weighted by Gasteiger charge is 2.09. The second-order valence-corrected chi connectivity index (χ2v) is 4.76. The van der Waals surface area contributed by atoms with Crippen LogP contribution in [0.2, 0.25) is 0 Å². The summed E-state index contributed by atoms with van der Waals surface area (Å²) in [4.78, 5) is 16.4. The van der Waals surface area contributed by atoms with E-state index in [2.05, 4.69) is 20.8 Å². The number of anilines is 1. The van der Waals surface area contributed by atoms with E-state index in [1.807, 2.05) is 20.2 Å². The quantitative estimate of drug-likeness (QED) is 0.535. The van der Waals surface area contributed by atoms with Gasteiger partial charge < -0.3 is 10.7 Å². The summed E-state index contributed by atoms with van der Waals surface area (Å²) in [7, 11) is 1.87. The van der Waals surface area contributed by atoms with E-state index >= 15 is 0 Å². The molecule has 112 valence electrons. The highest BCUT2D eigenvalue weighted by Crippen LogP contribution is 2.10. The van der Waals surface area contributed by atoms with Crippen molar-refractivity contribution >= 4 is 11.7 Å². The third-order valence-electron chi connectivity index (χ3n) is 3.11. The van der Waals surface area contributed by atoms with Gasteiger partial charge in [-0.25, -0.2) is 10.8 Å². The molecule has 21 heavy (non-hydrogen) atoms. The lowest BCUT2D eigenvalue weighted by Gasteiger charge is -2.08. The number of aryl methyl sites for hydroxylation is 2. The number of rotatable bonds is 6. The molecule has 0 radical (unpaired) electrons. The standard InChI is InChI=1S/C14H20N6O/c1-3-12-6-11(7-13(18-12)19-15)14(21)16-5-4-10-8-17-20(2)9-10/h6-9H,3-5,15H2,1-2H3,(H,16,21)(H,18,19). The number of aromatic nitrogens is 3. The monoisotopic (exact) mass is 288 g/mol. The molecule has 2 rings (SSSR count). The van der Waals surface area contributed by atoms with Crippen LogP contribution < -0.4 is 16.6 Å². The second kappa shape index (κ2) is 6.85. The van der Waals surface area contributed by atoms with E-state index in [9.17, 15) is 4.79 Å². The molecule has 2 heterocycles. The molecule has 7 nitrogen and oxygen atoms in total. The van der Waals surface area contributed by atoms with Crippen molar-refractivity contribution in [3.63, 3.8) is 0 Å². The van der Waals surface area contributed by atoms with Gasteiger partial charge in [0.05, 0.1) is 6.20 Å². The van der Waals surface area contributed by atoms with Gasteiger partial charge in [-0.3, -0.25) is 9.48 Å². The van der Waals surface area contributed by atoms with Crippen LogP contribution in [0, 0.1) is 0 Å². The van der Waals surface area contributed by atoms with Crippen molar-refractivity contribution in [2.45, 2.75) is 19.8 Å². The topological polar surface area (TPSA) is 97.9 Å². The molecule has 0 aliphatic heterocycles. The maximum atomic E-state index is 12.1. The fourth-order valence-corrected chi connectivity index (χ4v) is 2.00. The first-order valence-electron chi connectivity index (χ1n) is 6.85. The van der Waals surface area contributed by atoms with Crippen LogP contribution in [0.5, 0.6) is 0 Å². The zero-order chi connectivity index (χ0) is 15.2. The minimum atomic E-state index is -0.132. The van der Waals surface area contributed by atoms with Gasteiger partial charge in [0, 0.05) is 31.0 Å². The normalized spacial score (nSPS) is 10.4. The van der Waals surface area contributed by atoms with E-state index in [0.29, 0.717) is 17.9 Å². The summed E-state index contributed by atoms with van der Waals surface area (Å²) in [6.07, 6.45) is 5.22. The van der Waals surface area contributed by atoms with E-state index < -0.39 is 0 Å². The number of pyridine rings is 1. The predicted molar refractivity (Wildman–Crippen MR) is 80.7 cm³/mol. The number of nitrogens with two attached hydrogens (primary N) is 1. The number of hydrogen-bond acceptors (Lipinski definition) is 5. The lowest BCUT2D eigenvalue weighted by atomic mass is 10.1. The number of amides is 1. The zero-order valence-electron chi connectivity index (χ0n) is 12.3. The Morgan fingerprint density at radius 3 is 2.86 bits per heavy atom. The molecule has 2 aromatic heterocycles. The summed E-state index contributed by atoms with van der Waals surface area (Å²) in [5.41, 5.74) is 4.95. The summed E-state index contributed by atoms with van der Waals surface area (Å²) < 4.78 is 1.74. The van der Waals surface area contributed by atoms with Gasteiger partial charge in [0.2, 0.25) is 0 Å². The smallest absolute Gasteiger partial charge is 0.251 e. The molecule has 0 aliphatic carbocycles. The molecular weight excluding hydrogens is 268 g/mol. The van der Waals surface area contributed by atoms with Gasteiger partial charge in [-0.1, -0.05) is 6.92 Å². The van der Waals surface area contributed by atoms with Gasteiger partial charge in [-0.15, -0.1) is 0 Å². The average molecular weight is 288 g/mol. The van der Waals surface area contributed by atoms with Crippen LogP contribution in [0.4, 0.5) is 5.82 Å². The molecule has 0 aromatic carbocycles. The lowest BCUT2D eigenvalue weighted by molar-refractivity contribution is 0.0954. The van der Waals surface area contributed by atoms with E-state index in [1.165, 1.54) is 0 Å². The Labute approximate surface area is 123 Å². The van der Waals surface area contributed by atoms with Gasteiger partial charge >= 0.3 is 0 Å². The number of hydrogen-bond donors (Lipinski definition) is 3. The van der Waals surface area contributed by atoms with Gasteiger partial charge in [0.15, 0.2) is 0 Å². The molecular formula is C14H20N6O. The molecule has 0 unspecified atom stereocenters. The average Bonchev–Trinajstić information content (AvgIpc) is 2.92. The maximum absolute atomic E-state index is 12.1. The Kier molecular flexibility index (Phi) is 4.89. The molecule has 0 spiro atoms. The van der Waals surface area contributed by atoms with Gasteiger partial charge in [0.25, 0.3) is 5.91 Å². The van der Waals surface area contributed by atoms with Crippen molar-refractivity contribution in [3.8, 4) is 0 Å². The minimum Gasteiger partial charge on any atom is -0.352 e. The Hall–Kier alpha value is -2.41. The molecule has 1 amide bonds. The van der Waals surface area contributed by atoms with E-state index in [4.69, 9.17) is 5.84 Å². The largest absolute Gasteiger partial charge is 0.352 e. The second-order valence-electron chi connectivity index (χ2n) is 4.76. The number of carbonyl (C=O) groups is 1. The summed E-state index contributed by atoms with van der Waals surface area (Å²) in [5.74, 6) is 5.73. The fraction of sp³-hybridized carbons (Fsp3) is 0.357. The van der Waals surface area contributed by atoms with Crippen LogP contribution in [-0.4, -0.2) is 27.2 Å². The predicted octanol–water partition coefficient (Wildman–Crippen LogP) is 0.636. The van der Waals surface area contributed by atoms with E-state index in [-0.39, 0.29) is 5.91 Å². The number of nitrogen functional groups attached to an aromatic ring is 1. The van der Waals surface area contributed by atoms with Gasteiger partial charge in [0.1, 0.15) is 5.82 Å². The highest BCUT2D eigenvalue weighted by atomic mass is 16.1. The molecule has 2 aromatic rings. The van der Waals surface area contributed by atoms with Crippen LogP contribution in [0.3, 0.4) is 0 Å². The van der Waals surface area contributed by atoms with Gasteiger partial charge in [-0.05, 0) is 30.5 Å². The van der Waals surface area contributed by atoms with Crippen LogP contribution in [0.15, 0.2) is 24.5 Å². The highest BCUT2D eigenvalue weighted by molar-refractivity contribution is 5.95. The van der Waals surface area contributed by atoms with E-state index in [0.717, 1.165) is 24.1 Å². The molecule has 0 atom stereocenters. The first kappa shape index (κ1) is 15.0.